The zero-order chi connectivity index (χ0) is 17.1. The van der Waals surface area contributed by atoms with Crippen LogP contribution in [0.15, 0.2) is 26.7 Å². The second-order valence-corrected chi connectivity index (χ2v) is 6.00. The van der Waals surface area contributed by atoms with Gasteiger partial charge < -0.3 is 9.84 Å². The molecule has 1 fully saturated rings. The number of carboxylic acid groups (broad SMARTS) is 1. The van der Waals surface area contributed by atoms with Crippen molar-refractivity contribution in [2.45, 2.75) is 0 Å². The molecule has 0 bridgehead atoms. The highest BCUT2D eigenvalue weighted by molar-refractivity contribution is 9.11. The van der Waals surface area contributed by atoms with Crippen LogP contribution in [-0.4, -0.2) is 35.5 Å². The van der Waals surface area contributed by atoms with Crippen LogP contribution in [-0.2, 0) is 14.4 Å². The van der Waals surface area contributed by atoms with Crippen LogP contribution in [0.2, 0.25) is 0 Å². The van der Waals surface area contributed by atoms with Gasteiger partial charge in [-0.05, 0) is 55.6 Å². The Hall–Kier alpha value is -2.20. The number of imide groups is 2. The molecule has 3 N–H and O–H groups in total. The van der Waals surface area contributed by atoms with Crippen LogP contribution >= 0.6 is 31.9 Å². The van der Waals surface area contributed by atoms with E-state index in [1.807, 2.05) is 10.6 Å². The maximum absolute atomic E-state index is 11.7. The Morgan fingerprint density at radius 1 is 1.13 bits per heavy atom. The number of ether oxygens (including phenoxy) is 1. The van der Waals surface area contributed by atoms with Gasteiger partial charge in [-0.3, -0.25) is 20.2 Å². The summed E-state index contributed by atoms with van der Waals surface area (Å²) in [5.74, 6) is -2.48. The van der Waals surface area contributed by atoms with E-state index in [0.717, 1.165) is 0 Å². The van der Waals surface area contributed by atoms with Gasteiger partial charge in [-0.25, -0.2) is 9.59 Å². The molecule has 1 saturated heterocycles. The zero-order valence-corrected chi connectivity index (χ0v) is 14.4. The summed E-state index contributed by atoms with van der Waals surface area (Å²) < 4.78 is 5.96. The van der Waals surface area contributed by atoms with Crippen LogP contribution in [0.25, 0.3) is 6.08 Å². The second kappa shape index (κ2) is 6.92. The average Bonchev–Trinajstić information content (AvgIpc) is 2.41. The van der Waals surface area contributed by atoms with Crippen molar-refractivity contribution in [1.82, 2.24) is 10.6 Å². The Morgan fingerprint density at radius 3 is 2.13 bits per heavy atom. The van der Waals surface area contributed by atoms with Gasteiger partial charge in [0.1, 0.15) is 11.3 Å². The first-order valence-electron chi connectivity index (χ1n) is 6.00. The van der Waals surface area contributed by atoms with Gasteiger partial charge >= 0.3 is 12.0 Å². The first-order valence-corrected chi connectivity index (χ1v) is 7.58. The summed E-state index contributed by atoms with van der Waals surface area (Å²) in [6.45, 7) is -0.523. The first-order chi connectivity index (χ1) is 10.8. The van der Waals surface area contributed by atoms with Crippen molar-refractivity contribution in [3.63, 3.8) is 0 Å². The highest BCUT2D eigenvalue weighted by atomic mass is 79.9. The molecule has 2 rings (SSSR count). The fourth-order valence-corrected chi connectivity index (χ4v) is 3.16. The van der Waals surface area contributed by atoms with E-state index in [9.17, 15) is 19.2 Å². The van der Waals surface area contributed by atoms with Crippen LogP contribution in [0.5, 0.6) is 5.75 Å². The molecular weight excluding hydrogens is 440 g/mol. The van der Waals surface area contributed by atoms with E-state index < -0.39 is 30.4 Å². The van der Waals surface area contributed by atoms with Gasteiger partial charge in [0.2, 0.25) is 0 Å². The molecule has 8 nitrogen and oxygen atoms in total. The number of aliphatic carboxylic acids is 1. The predicted octanol–water partition coefficient (Wildman–Crippen LogP) is 1.42. The van der Waals surface area contributed by atoms with Crippen molar-refractivity contribution >= 4 is 61.8 Å². The third kappa shape index (κ3) is 4.17. The van der Waals surface area contributed by atoms with E-state index in [4.69, 9.17) is 9.84 Å². The number of barbiturate groups is 1. The van der Waals surface area contributed by atoms with Gasteiger partial charge in [0.15, 0.2) is 6.61 Å². The van der Waals surface area contributed by atoms with Crippen LogP contribution in [0.1, 0.15) is 5.56 Å². The Bertz CT molecular complexity index is 714. The largest absolute Gasteiger partial charge is 0.480 e. The van der Waals surface area contributed by atoms with E-state index in [0.29, 0.717) is 14.5 Å². The number of rotatable bonds is 4. The fourth-order valence-electron chi connectivity index (χ4n) is 1.71. The maximum atomic E-state index is 11.7. The molecule has 4 amide bonds. The van der Waals surface area contributed by atoms with Crippen molar-refractivity contribution in [3.8, 4) is 5.75 Å². The molecule has 1 aromatic carbocycles. The monoisotopic (exact) mass is 446 g/mol. The van der Waals surface area contributed by atoms with E-state index in [-0.39, 0.29) is 11.3 Å². The maximum Gasteiger partial charge on any atom is 0.341 e. The topological polar surface area (TPSA) is 122 Å². The van der Waals surface area contributed by atoms with E-state index in [2.05, 4.69) is 31.9 Å². The third-order valence-electron chi connectivity index (χ3n) is 2.61. The molecule has 23 heavy (non-hydrogen) atoms. The SMILES string of the molecule is O=C(O)COc1c(Br)cc(C=C2C(=O)NC(=O)NC2=O)cc1Br. The highest BCUT2D eigenvalue weighted by Crippen LogP contribution is 2.35. The molecule has 1 aromatic rings. The number of urea groups is 1. The summed E-state index contributed by atoms with van der Waals surface area (Å²) >= 11 is 6.44. The molecule has 10 heteroatoms. The number of hydrogen-bond acceptors (Lipinski definition) is 5. The summed E-state index contributed by atoms with van der Waals surface area (Å²) in [4.78, 5) is 44.9. The molecular formula is C13H8Br2N2O6. The Balaban J connectivity index is 2.32. The number of nitrogens with one attached hydrogen (secondary N) is 2. The van der Waals surface area contributed by atoms with Crippen LogP contribution in [0.3, 0.4) is 0 Å². The molecule has 120 valence electrons. The van der Waals surface area contributed by atoms with E-state index >= 15 is 0 Å². The minimum Gasteiger partial charge on any atom is -0.480 e. The van der Waals surface area contributed by atoms with Crippen LogP contribution < -0.4 is 15.4 Å². The van der Waals surface area contributed by atoms with Gasteiger partial charge in [-0.15, -0.1) is 0 Å². The molecule has 1 heterocycles. The predicted molar refractivity (Wildman–Crippen MR) is 84.6 cm³/mol. The van der Waals surface area contributed by atoms with Crippen molar-refractivity contribution in [2.24, 2.45) is 0 Å². The second-order valence-electron chi connectivity index (χ2n) is 4.29. The number of halogens is 2. The van der Waals surface area contributed by atoms with E-state index in [1.165, 1.54) is 18.2 Å². The molecule has 0 saturated carbocycles. The van der Waals surface area contributed by atoms with E-state index in [1.54, 1.807) is 0 Å². The summed E-state index contributed by atoms with van der Waals surface area (Å²) in [5.41, 5.74) is 0.226. The first kappa shape index (κ1) is 17.2. The van der Waals surface area contributed by atoms with Gasteiger partial charge in [-0.1, -0.05) is 0 Å². The molecule has 0 unspecified atom stereocenters. The lowest BCUT2D eigenvalue weighted by Gasteiger charge is -2.14. The molecule has 0 spiro atoms. The van der Waals surface area contributed by atoms with Crippen molar-refractivity contribution < 1.29 is 29.0 Å². The Labute approximate surface area is 146 Å². The van der Waals surface area contributed by atoms with Crippen molar-refractivity contribution in [3.05, 3.63) is 32.2 Å². The molecule has 0 aliphatic carbocycles. The third-order valence-corrected chi connectivity index (χ3v) is 3.79. The van der Waals surface area contributed by atoms with Crippen molar-refractivity contribution in [1.29, 1.82) is 0 Å². The lowest BCUT2D eigenvalue weighted by molar-refractivity contribution is -0.139. The molecule has 0 radical (unpaired) electrons. The molecule has 1 aliphatic heterocycles. The van der Waals surface area contributed by atoms with Crippen LogP contribution in [0, 0.1) is 0 Å². The number of carbonyl (C=O) groups is 4. The van der Waals surface area contributed by atoms with Gasteiger partial charge in [0.05, 0.1) is 8.95 Å². The lowest BCUT2D eigenvalue weighted by atomic mass is 10.1. The molecule has 0 atom stereocenters. The molecule has 0 aromatic heterocycles. The Kier molecular flexibility index (Phi) is 5.16. The summed E-state index contributed by atoms with van der Waals surface area (Å²) in [6.07, 6.45) is 1.29. The summed E-state index contributed by atoms with van der Waals surface area (Å²) in [5, 5.41) is 12.5. The number of carbonyl (C=O) groups excluding carboxylic acids is 3. The number of hydrogen-bond donors (Lipinski definition) is 3. The zero-order valence-electron chi connectivity index (χ0n) is 11.2. The smallest absolute Gasteiger partial charge is 0.341 e. The van der Waals surface area contributed by atoms with Crippen LogP contribution in [0.4, 0.5) is 4.79 Å². The number of carboxylic acids is 1. The standard InChI is InChI=1S/C13H8Br2N2O6/c14-7-2-5(3-8(15)10(7)23-4-9(18)19)1-6-11(20)16-13(22)17-12(6)21/h1-3H,4H2,(H,18,19)(H2,16,17,20,21,22). The quantitative estimate of drug-likeness (QED) is 0.474. The average molecular weight is 448 g/mol. The summed E-state index contributed by atoms with van der Waals surface area (Å²) in [7, 11) is 0. The number of amides is 4. The number of benzene rings is 1. The molecule has 1 aliphatic rings. The van der Waals surface area contributed by atoms with Gasteiger partial charge in [-0.2, -0.15) is 0 Å². The fraction of sp³-hybridized carbons (Fsp3) is 0.0769. The van der Waals surface area contributed by atoms with Crippen molar-refractivity contribution in [2.75, 3.05) is 6.61 Å². The summed E-state index contributed by atoms with van der Waals surface area (Å²) in [6, 6.07) is 2.19. The van der Waals surface area contributed by atoms with Gasteiger partial charge in [0, 0.05) is 0 Å². The minimum absolute atomic E-state index is 0.234. The lowest BCUT2D eigenvalue weighted by Crippen LogP contribution is -2.51. The van der Waals surface area contributed by atoms with Gasteiger partial charge in [0.25, 0.3) is 11.8 Å². The normalized spacial score (nSPS) is 14.2. The minimum atomic E-state index is -1.13. The highest BCUT2D eigenvalue weighted by Gasteiger charge is 2.27. The Morgan fingerprint density at radius 2 is 1.65 bits per heavy atom.